The maximum absolute atomic E-state index is 5.60. The third-order valence-corrected chi connectivity index (χ3v) is 2.25. The first kappa shape index (κ1) is 10.6. The normalized spacial score (nSPS) is 11.7. The molecule has 3 N–H and O–H groups in total. The number of alkyl halides is 1. The number of aromatic amines is 1. The molecule has 0 fully saturated rings. The van der Waals surface area contributed by atoms with Crippen LogP contribution in [0.25, 0.3) is 11.4 Å². The predicted molar refractivity (Wildman–Crippen MR) is 63.8 cm³/mol. The van der Waals surface area contributed by atoms with Crippen LogP contribution in [0.15, 0.2) is 35.6 Å². The van der Waals surface area contributed by atoms with Crippen molar-refractivity contribution in [2.45, 2.75) is 0 Å². The molecule has 6 heteroatoms. The van der Waals surface area contributed by atoms with Gasteiger partial charge < -0.3 is 5.73 Å². The molecule has 5 nitrogen and oxygen atoms in total. The number of aliphatic imine (C=N–C) groups is 1. The van der Waals surface area contributed by atoms with Crippen LogP contribution in [-0.2, 0) is 0 Å². The molecule has 2 rings (SSSR count). The number of hydrogen-bond donors (Lipinski definition) is 2. The van der Waals surface area contributed by atoms with Crippen molar-refractivity contribution in [3.8, 4) is 11.4 Å². The van der Waals surface area contributed by atoms with Crippen LogP contribution < -0.4 is 5.73 Å². The number of amidine groups is 1. The molecule has 0 aliphatic carbocycles. The first-order valence-corrected chi connectivity index (χ1v) is 5.18. The van der Waals surface area contributed by atoms with Crippen molar-refractivity contribution in [3.63, 3.8) is 0 Å². The Kier molecular flexibility index (Phi) is 3.16. The molecule has 0 aliphatic heterocycles. The highest BCUT2D eigenvalue weighted by atomic mass is 35.5. The number of H-pyrrole nitrogens is 1. The zero-order valence-corrected chi connectivity index (χ0v) is 9.15. The number of halogens is 1. The summed E-state index contributed by atoms with van der Waals surface area (Å²) in [4.78, 5) is 8.28. The van der Waals surface area contributed by atoms with E-state index < -0.39 is 0 Å². The van der Waals surface area contributed by atoms with E-state index in [1.165, 1.54) is 6.33 Å². The van der Waals surface area contributed by atoms with Gasteiger partial charge in [0.1, 0.15) is 12.2 Å². The molecule has 2 aromatic rings. The molecule has 0 unspecified atom stereocenters. The van der Waals surface area contributed by atoms with E-state index >= 15 is 0 Å². The van der Waals surface area contributed by atoms with E-state index in [1.54, 1.807) is 0 Å². The summed E-state index contributed by atoms with van der Waals surface area (Å²) in [5.41, 5.74) is 7.16. The fourth-order valence-corrected chi connectivity index (χ4v) is 1.35. The molecular formula is C10H10ClN5. The van der Waals surface area contributed by atoms with E-state index in [0.29, 0.717) is 11.7 Å². The maximum Gasteiger partial charge on any atom is 0.157 e. The van der Waals surface area contributed by atoms with Gasteiger partial charge in [0.2, 0.25) is 0 Å². The van der Waals surface area contributed by atoms with E-state index in [9.17, 15) is 0 Å². The quantitative estimate of drug-likeness (QED) is 0.483. The van der Waals surface area contributed by atoms with Crippen molar-refractivity contribution in [2.24, 2.45) is 10.7 Å². The van der Waals surface area contributed by atoms with Crippen LogP contribution in [0, 0.1) is 0 Å². The summed E-state index contributed by atoms with van der Waals surface area (Å²) in [5, 5.41) is 6.58. The minimum atomic E-state index is 0.199. The standard InChI is InChI=1S/C10H10ClN5/c11-5-9(12)15-8-4-2-1-3-7(8)10-13-6-14-16-10/h1-4,6H,5H2,(H2,12,15)(H,13,14,16). The SMILES string of the molecule is NC(CCl)=Nc1ccccc1-c1ncn[nH]1. The average molecular weight is 236 g/mol. The second-order valence-corrected chi connectivity index (χ2v) is 3.36. The summed E-state index contributed by atoms with van der Waals surface area (Å²) >= 11 is 5.59. The molecule has 1 aromatic carbocycles. The lowest BCUT2D eigenvalue weighted by Crippen LogP contribution is -2.12. The topological polar surface area (TPSA) is 79.9 Å². The third kappa shape index (κ3) is 2.20. The van der Waals surface area contributed by atoms with E-state index in [1.807, 2.05) is 24.3 Å². The molecule has 0 amide bonds. The van der Waals surface area contributed by atoms with Crippen LogP contribution in [-0.4, -0.2) is 26.9 Å². The van der Waals surface area contributed by atoms with Gasteiger partial charge in [0, 0.05) is 5.56 Å². The van der Waals surface area contributed by atoms with Gasteiger partial charge in [-0.1, -0.05) is 12.1 Å². The van der Waals surface area contributed by atoms with E-state index in [2.05, 4.69) is 20.2 Å². The second-order valence-electron chi connectivity index (χ2n) is 3.09. The van der Waals surface area contributed by atoms with Crippen LogP contribution in [0.3, 0.4) is 0 Å². The molecule has 0 bridgehead atoms. The van der Waals surface area contributed by atoms with Gasteiger partial charge in [-0.3, -0.25) is 5.10 Å². The minimum Gasteiger partial charge on any atom is -0.386 e. The van der Waals surface area contributed by atoms with Gasteiger partial charge in [0.15, 0.2) is 5.82 Å². The fourth-order valence-electron chi connectivity index (χ4n) is 1.29. The fraction of sp³-hybridized carbons (Fsp3) is 0.100. The van der Waals surface area contributed by atoms with E-state index in [0.717, 1.165) is 11.3 Å². The van der Waals surface area contributed by atoms with Gasteiger partial charge in [-0.15, -0.1) is 11.6 Å². The number of benzene rings is 1. The van der Waals surface area contributed by atoms with Crippen LogP contribution in [0.1, 0.15) is 0 Å². The summed E-state index contributed by atoms with van der Waals surface area (Å²) < 4.78 is 0. The minimum absolute atomic E-state index is 0.199. The summed E-state index contributed by atoms with van der Waals surface area (Å²) in [5.74, 6) is 1.22. The van der Waals surface area contributed by atoms with Crippen molar-refractivity contribution in [2.75, 3.05) is 5.88 Å². The Morgan fingerprint density at radius 2 is 2.25 bits per heavy atom. The molecule has 0 spiro atoms. The Balaban J connectivity index is 2.47. The molecule has 82 valence electrons. The highest BCUT2D eigenvalue weighted by Crippen LogP contribution is 2.26. The van der Waals surface area contributed by atoms with Crippen molar-refractivity contribution in [1.29, 1.82) is 0 Å². The third-order valence-electron chi connectivity index (χ3n) is 1.98. The van der Waals surface area contributed by atoms with Gasteiger partial charge in [-0.05, 0) is 12.1 Å². The lowest BCUT2D eigenvalue weighted by atomic mass is 10.2. The molecule has 1 heterocycles. The smallest absolute Gasteiger partial charge is 0.157 e. The Morgan fingerprint density at radius 1 is 1.44 bits per heavy atom. The summed E-state index contributed by atoms with van der Waals surface area (Å²) in [6, 6.07) is 7.51. The number of para-hydroxylation sites is 1. The monoisotopic (exact) mass is 235 g/mol. The number of aromatic nitrogens is 3. The average Bonchev–Trinajstić information content (AvgIpc) is 2.83. The lowest BCUT2D eigenvalue weighted by Gasteiger charge is -2.02. The molecule has 1 aromatic heterocycles. The largest absolute Gasteiger partial charge is 0.386 e. The summed E-state index contributed by atoms with van der Waals surface area (Å²) in [7, 11) is 0. The van der Waals surface area contributed by atoms with Crippen LogP contribution in [0.2, 0.25) is 0 Å². The first-order valence-electron chi connectivity index (χ1n) is 4.65. The van der Waals surface area contributed by atoms with Gasteiger partial charge in [0.25, 0.3) is 0 Å². The number of nitrogens with two attached hydrogens (primary N) is 1. The van der Waals surface area contributed by atoms with Crippen molar-refractivity contribution in [1.82, 2.24) is 15.2 Å². The van der Waals surface area contributed by atoms with Crippen LogP contribution in [0.5, 0.6) is 0 Å². The zero-order chi connectivity index (χ0) is 11.4. The molecular weight excluding hydrogens is 226 g/mol. The molecule has 0 saturated heterocycles. The molecule has 0 radical (unpaired) electrons. The molecule has 0 aliphatic rings. The van der Waals surface area contributed by atoms with Gasteiger partial charge in [-0.2, -0.15) is 5.10 Å². The zero-order valence-electron chi connectivity index (χ0n) is 8.39. The van der Waals surface area contributed by atoms with E-state index in [4.69, 9.17) is 17.3 Å². The van der Waals surface area contributed by atoms with Crippen molar-refractivity contribution < 1.29 is 0 Å². The van der Waals surface area contributed by atoms with Gasteiger partial charge >= 0.3 is 0 Å². The van der Waals surface area contributed by atoms with Crippen LogP contribution >= 0.6 is 11.6 Å². The van der Waals surface area contributed by atoms with Gasteiger partial charge in [-0.25, -0.2) is 9.98 Å². The number of nitrogens with zero attached hydrogens (tertiary/aromatic N) is 3. The highest BCUT2D eigenvalue weighted by molar-refractivity contribution is 6.28. The van der Waals surface area contributed by atoms with Crippen molar-refractivity contribution >= 4 is 23.1 Å². The molecule has 0 saturated carbocycles. The Hall–Kier alpha value is -1.88. The second kappa shape index (κ2) is 4.76. The van der Waals surface area contributed by atoms with Crippen molar-refractivity contribution in [3.05, 3.63) is 30.6 Å². The highest BCUT2D eigenvalue weighted by Gasteiger charge is 2.06. The number of nitrogens with one attached hydrogen (secondary N) is 1. The lowest BCUT2D eigenvalue weighted by molar-refractivity contribution is 1.09. The van der Waals surface area contributed by atoms with Crippen LogP contribution in [0.4, 0.5) is 5.69 Å². The predicted octanol–water partition coefficient (Wildman–Crippen LogP) is 1.70. The summed E-state index contributed by atoms with van der Waals surface area (Å²) in [6.45, 7) is 0. The Bertz CT molecular complexity index is 492. The Morgan fingerprint density at radius 3 is 2.94 bits per heavy atom. The van der Waals surface area contributed by atoms with Gasteiger partial charge in [0.05, 0.1) is 11.6 Å². The number of rotatable bonds is 3. The molecule has 16 heavy (non-hydrogen) atoms. The molecule has 0 atom stereocenters. The maximum atomic E-state index is 5.60. The first-order chi connectivity index (χ1) is 7.81. The number of hydrogen-bond acceptors (Lipinski definition) is 3. The summed E-state index contributed by atoms with van der Waals surface area (Å²) in [6.07, 6.45) is 1.45. The Labute approximate surface area is 97.4 Å². The van der Waals surface area contributed by atoms with E-state index in [-0.39, 0.29) is 5.88 Å².